The van der Waals surface area contributed by atoms with Crippen LogP contribution in [0.4, 0.5) is 0 Å². The molecule has 1 unspecified atom stereocenters. The first-order chi connectivity index (χ1) is 10.1. The zero-order chi connectivity index (χ0) is 14.7. The Labute approximate surface area is 131 Å². The van der Waals surface area contributed by atoms with E-state index in [4.69, 9.17) is 4.98 Å². The van der Waals surface area contributed by atoms with E-state index in [1.165, 1.54) is 36.3 Å². The van der Waals surface area contributed by atoms with E-state index >= 15 is 0 Å². The molecule has 0 spiro atoms. The largest absolute Gasteiger partial charge is 0.307 e. The lowest BCUT2D eigenvalue weighted by molar-refractivity contribution is 0.166. The van der Waals surface area contributed by atoms with Crippen LogP contribution in [0.1, 0.15) is 44.5 Å². The van der Waals surface area contributed by atoms with Gasteiger partial charge < -0.3 is 5.32 Å². The number of hydrogen-bond acceptors (Lipinski definition) is 3. The highest BCUT2D eigenvalue weighted by Gasteiger charge is 2.31. The van der Waals surface area contributed by atoms with Gasteiger partial charge in [0, 0.05) is 23.5 Å². The van der Waals surface area contributed by atoms with Crippen LogP contribution in [0.3, 0.4) is 0 Å². The van der Waals surface area contributed by atoms with Crippen molar-refractivity contribution in [3.63, 3.8) is 0 Å². The summed E-state index contributed by atoms with van der Waals surface area (Å²) in [5.41, 5.74) is 2.72. The molecule has 112 valence electrons. The second-order valence-electron chi connectivity index (χ2n) is 6.66. The lowest BCUT2D eigenvalue weighted by atomic mass is 9.73. The average Bonchev–Trinajstić information content (AvgIpc) is 2.95. The molecule has 1 aromatic carbocycles. The Bertz CT molecular complexity index is 574. The molecule has 2 aromatic rings. The molecule has 1 aliphatic rings. The van der Waals surface area contributed by atoms with Crippen LogP contribution in [0.15, 0.2) is 35.7 Å². The maximum absolute atomic E-state index is 4.77. The summed E-state index contributed by atoms with van der Waals surface area (Å²) < 4.78 is 0. The first kappa shape index (κ1) is 14.7. The molecule has 1 N–H and O–H groups in total. The van der Waals surface area contributed by atoms with Crippen LogP contribution in [0.2, 0.25) is 0 Å². The van der Waals surface area contributed by atoms with Gasteiger partial charge >= 0.3 is 0 Å². The molecule has 21 heavy (non-hydrogen) atoms. The summed E-state index contributed by atoms with van der Waals surface area (Å²) in [4.78, 5) is 4.77. The van der Waals surface area contributed by atoms with Crippen molar-refractivity contribution < 1.29 is 0 Å². The zero-order valence-electron chi connectivity index (χ0n) is 12.9. The van der Waals surface area contributed by atoms with Crippen molar-refractivity contribution in [2.75, 3.05) is 0 Å². The normalized spacial score (nSPS) is 21.3. The quantitative estimate of drug-likeness (QED) is 0.871. The predicted octanol–water partition coefficient (Wildman–Crippen LogP) is 4.87. The number of benzene rings is 1. The second-order valence-corrected chi connectivity index (χ2v) is 7.60. The molecule has 2 nitrogen and oxygen atoms in total. The molecule has 1 fully saturated rings. The third kappa shape index (κ3) is 3.53. The molecule has 0 amide bonds. The summed E-state index contributed by atoms with van der Waals surface area (Å²) in [5, 5.41) is 7.10. The fourth-order valence-electron chi connectivity index (χ4n) is 3.22. The van der Waals surface area contributed by atoms with Gasteiger partial charge in [-0.05, 0) is 18.3 Å². The summed E-state index contributed by atoms with van der Waals surface area (Å²) in [5.74, 6) is 0. The molecule has 0 radical (unpaired) electrons. The number of nitrogens with zero attached hydrogens (tertiary/aromatic N) is 1. The Kier molecular flexibility index (Phi) is 4.41. The first-order valence-corrected chi connectivity index (χ1v) is 8.76. The number of rotatable bonds is 4. The number of thiazole rings is 1. The van der Waals surface area contributed by atoms with Crippen molar-refractivity contribution in [2.24, 2.45) is 5.41 Å². The molecular formula is C18H24N2S. The minimum absolute atomic E-state index is 0.414. The topological polar surface area (TPSA) is 24.9 Å². The molecular weight excluding hydrogens is 276 g/mol. The minimum atomic E-state index is 0.414. The monoisotopic (exact) mass is 300 g/mol. The van der Waals surface area contributed by atoms with Gasteiger partial charge in [0.25, 0.3) is 0 Å². The molecule has 1 aromatic heterocycles. The van der Waals surface area contributed by atoms with Gasteiger partial charge in [-0.2, -0.15) is 0 Å². The number of hydrogen-bond donors (Lipinski definition) is 1. The van der Waals surface area contributed by atoms with Crippen molar-refractivity contribution in [3.8, 4) is 11.3 Å². The summed E-state index contributed by atoms with van der Waals surface area (Å²) in [6.45, 7) is 5.67. The van der Waals surface area contributed by atoms with Gasteiger partial charge in [0.1, 0.15) is 5.01 Å². The Hall–Kier alpha value is -1.19. The molecule has 3 heteroatoms. The smallest absolute Gasteiger partial charge is 0.107 e. The van der Waals surface area contributed by atoms with Gasteiger partial charge in [-0.1, -0.05) is 57.0 Å². The van der Waals surface area contributed by atoms with Crippen LogP contribution in [-0.2, 0) is 6.54 Å². The van der Waals surface area contributed by atoms with E-state index in [1.54, 1.807) is 11.3 Å². The van der Waals surface area contributed by atoms with Crippen molar-refractivity contribution in [1.82, 2.24) is 10.3 Å². The van der Waals surface area contributed by atoms with Crippen LogP contribution in [-0.4, -0.2) is 11.0 Å². The second kappa shape index (κ2) is 6.29. The SMILES string of the molecule is CC1(C)CCCCC1NCc1nc(-c2ccccc2)cs1. The van der Waals surface area contributed by atoms with Crippen LogP contribution in [0, 0.1) is 5.41 Å². The van der Waals surface area contributed by atoms with E-state index in [-0.39, 0.29) is 0 Å². The van der Waals surface area contributed by atoms with Crippen LogP contribution in [0.25, 0.3) is 11.3 Å². The van der Waals surface area contributed by atoms with Crippen LogP contribution < -0.4 is 5.32 Å². The van der Waals surface area contributed by atoms with E-state index in [2.05, 4.69) is 48.8 Å². The van der Waals surface area contributed by atoms with E-state index in [0.29, 0.717) is 11.5 Å². The molecule has 3 rings (SSSR count). The lowest BCUT2D eigenvalue weighted by Crippen LogP contribution is -2.43. The van der Waals surface area contributed by atoms with E-state index in [0.717, 1.165) is 12.2 Å². The molecule has 0 bridgehead atoms. The van der Waals surface area contributed by atoms with Crippen molar-refractivity contribution in [3.05, 3.63) is 40.7 Å². The third-order valence-corrected chi connectivity index (χ3v) is 5.48. The summed E-state index contributed by atoms with van der Waals surface area (Å²) >= 11 is 1.76. The summed E-state index contributed by atoms with van der Waals surface area (Å²) in [6.07, 6.45) is 5.36. The molecule has 0 saturated heterocycles. The van der Waals surface area contributed by atoms with Crippen LogP contribution >= 0.6 is 11.3 Å². The molecule has 1 saturated carbocycles. The van der Waals surface area contributed by atoms with Gasteiger partial charge in [0.2, 0.25) is 0 Å². The minimum Gasteiger partial charge on any atom is -0.307 e. The highest BCUT2D eigenvalue weighted by atomic mass is 32.1. The fourth-order valence-corrected chi connectivity index (χ4v) is 3.97. The van der Waals surface area contributed by atoms with Gasteiger partial charge in [-0.25, -0.2) is 4.98 Å². The van der Waals surface area contributed by atoms with E-state index < -0.39 is 0 Å². The molecule has 1 heterocycles. The fraction of sp³-hybridized carbons (Fsp3) is 0.500. The van der Waals surface area contributed by atoms with E-state index in [1.807, 2.05) is 6.07 Å². The van der Waals surface area contributed by atoms with Gasteiger partial charge in [0.15, 0.2) is 0 Å². The highest BCUT2D eigenvalue weighted by Crippen LogP contribution is 2.35. The number of nitrogens with one attached hydrogen (secondary N) is 1. The Morgan fingerprint density at radius 1 is 1.24 bits per heavy atom. The summed E-state index contributed by atoms with van der Waals surface area (Å²) in [7, 11) is 0. The maximum atomic E-state index is 4.77. The average molecular weight is 300 g/mol. The lowest BCUT2D eigenvalue weighted by Gasteiger charge is -2.39. The molecule has 0 aliphatic heterocycles. The predicted molar refractivity (Wildman–Crippen MR) is 90.4 cm³/mol. The van der Waals surface area contributed by atoms with Gasteiger partial charge in [-0.3, -0.25) is 0 Å². The van der Waals surface area contributed by atoms with Crippen molar-refractivity contribution in [1.29, 1.82) is 0 Å². The van der Waals surface area contributed by atoms with E-state index in [9.17, 15) is 0 Å². The van der Waals surface area contributed by atoms with Crippen molar-refractivity contribution in [2.45, 2.75) is 52.1 Å². The van der Waals surface area contributed by atoms with Gasteiger partial charge in [0.05, 0.1) is 5.69 Å². The standard InChI is InChI=1S/C18H24N2S/c1-18(2)11-7-6-10-16(18)19-12-17-20-15(13-21-17)14-8-4-3-5-9-14/h3-5,8-9,13,16,19H,6-7,10-12H2,1-2H3. The summed E-state index contributed by atoms with van der Waals surface area (Å²) in [6, 6.07) is 11.0. The first-order valence-electron chi connectivity index (χ1n) is 7.88. The molecule has 1 atom stereocenters. The third-order valence-electron chi connectivity index (χ3n) is 4.63. The maximum Gasteiger partial charge on any atom is 0.107 e. The Morgan fingerprint density at radius 3 is 2.81 bits per heavy atom. The zero-order valence-corrected chi connectivity index (χ0v) is 13.7. The van der Waals surface area contributed by atoms with Crippen LogP contribution in [0.5, 0.6) is 0 Å². The van der Waals surface area contributed by atoms with Gasteiger partial charge in [-0.15, -0.1) is 11.3 Å². The Balaban J connectivity index is 1.63. The number of aromatic nitrogens is 1. The Morgan fingerprint density at radius 2 is 2.05 bits per heavy atom. The van der Waals surface area contributed by atoms with Crippen molar-refractivity contribution >= 4 is 11.3 Å². The highest BCUT2D eigenvalue weighted by molar-refractivity contribution is 7.09. The molecule has 1 aliphatic carbocycles.